The summed E-state index contributed by atoms with van der Waals surface area (Å²) in [5.74, 6) is 0.358. The van der Waals surface area contributed by atoms with E-state index in [-0.39, 0.29) is 11.7 Å². The van der Waals surface area contributed by atoms with Gasteiger partial charge in [-0.05, 0) is 42.1 Å². The predicted molar refractivity (Wildman–Crippen MR) is 73.8 cm³/mol. The van der Waals surface area contributed by atoms with Gasteiger partial charge in [0.1, 0.15) is 11.5 Å². The maximum Gasteiger partial charge on any atom is 0.182 e. The van der Waals surface area contributed by atoms with Gasteiger partial charge >= 0.3 is 0 Å². The first-order chi connectivity index (χ1) is 9.65. The van der Waals surface area contributed by atoms with E-state index in [0.29, 0.717) is 28.4 Å². The summed E-state index contributed by atoms with van der Waals surface area (Å²) in [5, 5.41) is 16.7. The Hall–Kier alpha value is -1.93. The van der Waals surface area contributed by atoms with E-state index in [1.54, 1.807) is 13.0 Å². The Morgan fingerprint density at radius 2 is 2.30 bits per heavy atom. The summed E-state index contributed by atoms with van der Waals surface area (Å²) in [5.41, 5.74) is 3.81. The summed E-state index contributed by atoms with van der Waals surface area (Å²) in [6, 6.07) is 4.38. The molecule has 20 heavy (non-hydrogen) atoms. The summed E-state index contributed by atoms with van der Waals surface area (Å²) < 4.78 is 17.9. The molecule has 0 aliphatic rings. The van der Waals surface area contributed by atoms with E-state index in [1.165, 1.54) is 23.9 Å². The fourth-order valence-corrected chi connectivity index (χ4v) is 2.04. The highest BCUT2D eigenvalue weighted by atomic mass is 32.2. The number of hydrogen-bond donors (Lipinski definition) is 2. The molecule has 0 radical (unpaired) electrons. The zero-order valence-corrected chi connectivity index (χ0v) is 11.7. The molecule has 0 saturated heterocycles. The van der Waals surface area contributed by atoms with E-state index in [0.717, 1.165) is 0 Å². The van der Waals surface area contributed by atoms with E-state index in [1.807, 2.05) is 11.7 Å². The van der Waals surface area contributed by atoms with E-state index >= 15 is 0 Å². The molecule has 1 aromatic heterocycles. The highest BCUT2D eigenvalue weighted by Gasteiger charge is 2.16. The van der Waals surface area contributed by atoms with Crippen LogP contribution in [0.1, 0.15) is 17.0 Å². The average molecular weight is 296 g/mol. The van der Waals surface area contributed by atoms with Crippen LogP contribution in [0.2, 0.25) is 0 Å². The van der Waals surface area contributed by atoms with Gasteiger partial charge in [0.25, 0.3) is 0 Å². The lowest BCUT2D eigenvalue weighted by molar-refractivity contribution is 0.234. The molecule has 1 aromatic carbocycles. The maximum absolute atomic E-state index is 13.2. The van der Waals surface area contributed by atoms with Gasteiger partial charge in [-0.1, -0.05) is 5.16 Å². The largest absolute Gasteiger partial charge is 0.290 e. The van der Waals surface area contributed by atoms with Crippen molar-refractivity contribution < 1.29 is 14.2 Å². The minimum atomic E-state index is -0.311. The second kappa shape index (κ2) is 6.49. The first-order valence-electron chi connectivity index (χ1n) is 5.71. The zero-order valence-electron chi connectivity index (χ0n) is 10.9. The quantitative estimate of drug-likeness (QED) is 0.512. The number of halogens is 1. The number of rotatable bonds is 4. The molecule has 6 nitrogen and oxygen atoms in total. The molecular weight excluding hydrogens is 283 g/mol. The number of nitrogens with zero attached hydrogens (tertiary/aromatic N) is 3. The Bertz CT molecular complexity index is 630. The van der Waals surface area contributed by atoms with Gasteiger partial charge in [-0.25, -0.2) is 14.0 Å². The Labute approximate surface area is 119 Å². The van der Waals surface area contributed by atoms with Crippen LogP contribution in [-0.4, -0.2) is 27.6 Å². The third kappa shape index (κ3) is 3.14. The van der Waals surface area contributed by atoms with Crippen LogP contribution in [0.15, 0.2) is 27.8 Å². The van der Waals surface area contributed by atoms with E-state index in [9.17, 15) is 9.60 Å². The van der Waals surface area contributed by atoms with Gasteiger partial charge in [0.05, 0.1) is 5.69 Å². The number of hydrogen-bond acceptors (Lipinski definition) is 6. The van der Waals surface area contributed by atoms with Crippen molar-refractivity contribution in [2.24, 2.45) is 4.99 Å². The standard InChI is InChI=1S/C12H13FN4O2S/c1-7-5-8(3-4-9(7)13)14-12(15-18)11-10(6-20-2)16-19-17-11/h3-5,18H,6H2,1-2H3,(H,14,15). The Balaban J connectivity index is 2.37. The third-order valence-electron chi connectivity index (χ3n) is 2.55. The fourth-order valence-electron chi connectivity index (χ4n) is 1.58. The zero-order chi connectivity index (χ0) is 14.5. The van der Waals surface area contributed by atoms with Crippen LogP contribution in [0.3, 0.4) is 0 Å². The smallest absolute Gasteiger partial charge is 0.182 e. The topological polar surface area (TPSA) is 83.5 Å². The van der Waals surface area contributed by atoms with Crippen molar-refractivity contribution in [2.75, 3.05) is 6.26 Å². The number of nitrogens with one attached hydrogen (secondary N) is 1. The number of thioether (sulfide) groups is 1. The molecule has 0 atom stereocenters. The minimum absolute atomic E-state index is 0.0984. The molecule has 0 unspecified atom stereocenters. The van der Waals surface area contributed by atoms with Crippen molar-refractivity contribution in [3.8, 4) is 0 Å². The third-order valence-corrected chi connectivity index (χ3v) is 3.11. The average Bonchev–Trinajstić information content (AvgIpc) is 2.88. The highest BCUT2D eigenvalue weighted by Crippen LogP contribution is 2.18. The fraction of sp³-hybridized carbons (Fsp3) is 0.250. The van der Waals surface area contributed by atoms with Crippen molar-refractivity contribution in [3.05, 3.63) is 41.0 Å². The van der Waals surface area contributed by atoms with Crippen molar-refractivity contribution >= 4 is 23.3 Å². The number of hydroxylamine groups is 1. The van der Waals surface area contributed by atoms with Crippen molar-refractivity contribution in [3.63, 3.8) is 0 Å². The van der Waals surface area contributed by atoms with Gasteiger partial charge in [0.2, 0.25) is 0 Å². The van der Waals surface area contributed by atoms with Crippen LogP contribution in [0.25, 0.3) is 0 Å². The first kappa shape index (κ1) is 14.5. The molecule has 0 aliphatic carbocycles. The summed E-state index contributed by atoms with van der Waals surface area (Å²) in [6.07, 6.45) is 1.91. The van der Waals surface area contributed by atoms with Crippen molar-refractivity contribution in [2.45, 2.75) is 12.7 Å². The number of benzene rings is 1. The van der Waals surface area contributed by atoms with Gasteiger partial charge in [-0.3, -0.25) is 10.7 Å². The lowest BCUT2D eigenvalue weighted by Gasteiger charge is -2.03. The summed E-state index contributed by atoms with van der Waals surface area (Å²) in [6.45, 7) is 1.64. The molecule has 0 fully saturated rings. The normalized spacial score (nSPS) is 11.7. The van der Waals surface area contributed by atoms with Crippen LogP contribution in [0.5, 0.6) is 0 Å². The van der Waals surface area contributed by atoms with E-state index < -0.39 is 0 Å². The second-order valence-corrected chi connectivity index (χ2v) is 4.86. The Morgan fingerprint density at radius 3 is 2.95 bits per heavy atom. The van der Waals surface area contributed by atoms with E-state index in [2.05, 4.69) is 19.9 Å². The molecule has 8 heteroatoms. The van der Waals surface area contributed by atoms with Crippen LogP contribution in [0.4, 0.5) is 10.1 Å². The molecule has 2 aromatic rings. The minimum Gasteiger partial charge on any atom is -0.290 e. The predicted octanol–water partition coefficient (Wildman–Crippen LogP) is 2.44. The molecule has 2 rings (SSSR count). The molecule has 1 heterocycles. The maximum atomic E-state index is 13.2. The molecule has 0 aliphatic heterocycles. The van der Waals surface area contributed by atoms with E-state index in [4.69, 9.17) is 0 Å². The Kier molecular flexibility index (Phi) is 4.70. The Morgan fingerprint density at radius 1 is 1.50 bits per heavy atom. The summed E-state index contributed by atoms with van der Waals surface area (Å²) >= 11 is 1.54. The van der Waals surface area contributed by atoms with Crippen molar-refractivity contribution in [1.29, 1.82) is 0 Å². The van der Waals surface area contributed by atoms with Gasteiger partial charge in [0, 0.05) is 5.75 Å². The van der Waals surface area contributed by atoms with Gasteiger partial charge in [-0.2, -0.15) is 11.8 Å². The number of aliphatic imine (C=N–C) groups is 1. The first-order valence-corrected chi connectivity index (χ1v) is 7.10. The molecule has 0 bridgehead atoms. The molecule has 0 amide bonds. The number of aryl methyl sites for hydroxylation is 1. The van der Waals surface area contributed by atoms with Crippen LogP contribution < -0.4 is 5.48 Å². The lowest BCUT2D eigenvalue weighted by atomic mass is 10.2. The molecule has 0 saturated carbocycles. The summed E-state index contributed by atoms with van der Waals surface area (Å²) in [7, 11) is 0. The number of amidine groups is 1. The number of aromatic nitrogens is 2. The monoisotopic (exact) mass is 296 g/mol. The molecule has 2 N–H and O–H groups in total. The SMILES string of the molecule is CSCc1nonc1C(=Nc1ccc(F)c(C)c1)NO. The van der Waals surface area contributed by atoms with Gasteiger partial charge in [0.15, 0.2) is 11.5 Å². The molecular formula is C12H13FN4O2S. The molecule has 106 valence electrons. The van der Waals surface area contributed by atoms with Crippen LogP contribution in [-0.2, 0) is 5.75 Å². The summed E-state index contributed by atoms with van der Waals surface area (Å²) in [4.78, 5) is 4.18. The molecule has 0 spiro atoms. The lowest BCUT2D eigenvalue weighted by Crippen LogP contribution is -2.21. The highest BCUT2D eigenvalue weighted by molar-refractivity contribution is 7.97. The van der Waals surface area contributed by atoms with Crippen molar-refractivity contribution in [1.82, 2.24) is 15.8 Å². The van der Waals surface area contributed by atoms with Gasteiger partial charge < -0.3 is 0 Å². The van der Waals surface area contributed by atoms with Gasteiger partial charge in [-0.15, -0.1) is 0 Å². The van der Waals surface area contributed by atoms with Crippen LogP contribution in [0, 0.1) is 12.7 Å². The van der Waals surface area contributed by atoms with Crippen LogP contribution >= 0.6 is 11.8 Å². The second-order valence-electron chi connectivity index (χ2n) is 4.00.